The summed E-state index contributed by atoms with van der Waals surface area (Å²) in [6.07, 6.45) is 0. The van der Waals surface area contributed by atoms with Gasteiger partial charge >= 0.3 is 12.0 Å². The van der Waals surface area contributed by atoms with Crippen LogP contribution < -0.4 is 5.32 Å². The molecule has 8 heteroatoms. The average Bonchev–Trinajstić information content (AvgIpc) is 2.37. The van der Waals surface area contributed by atoms with Crippen LogP contribution in [0.4, 0.5) is 14.9 Å². The summed E-state index contributed by atoms with van der Waals surface area (Å²) in [6.45, 7) is -0.219. The van der Waals surface area contributed by atoms with Crippen molar-refractivity contribution in [3.8, 4) is 0 Å². The Morgan fingerprint density at radius 1 is 1.50 bits per heavy atom. The number of carbonyl (C=O) groups excluding carboxylic acids is 1. The van der Waals surface area contributed by atoms with Crippen molar-refractivity contribution in [1.29, 1.82) is 0 Å². The second-order valence-corrected chi connectivity index (χ2v) is 4.78. The maximum absolute atomic E-state index is 13.6. The van der Waals surface area contributed by atoms with Crippen molar-refractivity contribution in [1.82, 2.24) is 4.90 Å². The lowest BCUT2D eigenvalue weighted by atomic mass is 10.3. The molecule has 1 aromatic carbocycles. The first-order chi connectivity index (χ1) is 9.43. The Morgan fingerprint density at radius 2 is 2.20 bits per heavy atom. The van der Waals surface area contributed by atoms with E-state index >= 15 is 0 Å². The number of carboxylic acid groups (broad SMARTS) is 1. The summed E-state index contributed by atoms with van der Waals surface area (Å²) in [5, 5.41) is 11.1. The average molecular weight is 349 g/mol. The van der Waals surface area contributed by atoms with Crippen molar-refractivity contribution in [3.05, 3.63) is 28.5 Å². The number of benzene rings is 1. The van der Waals surface area contributed by atoms with Gasteiger partial charge in [0.2, 0.25) is 0 Å². The molecule has 0 saturated carbocycles. The number of nitrogens with one attached hydrogen (secondary N) is 1. The molecule has 0 aliphatic heterocycles. The number of hydrogen-bond acceptors (Lipinski definition) is 3. The van der Waals surface area contributed by atoms with Crippen molar-refractivity contribution in [2.75, 3.05) is 32.1 Å². The molecule has 1 aromatic rings. The molecule has 0 aromatic heterocycles. The molecule has 0 atom stereocenters. The molecule has 0 spiro atoms. The van der Waals surface area contributed by atoms with Gasteiger partial charge < -0.3 is 20.1 Å². The fourth-order valence-corrected chi connectivity index (χ4v) is 1.74. The number of anilines is 1. The first kappa shape index (κ1) is 16.4. The number of amides is 2. The minimum Gasteiger partial charge on any atom is -0.480 e. The van der Waals surface area contributed by atoms with Gasteiger partial charge in [-0.3, -0.25) is 4.79 Å². The minimum atomic E-state index is -1.16. The predicted octanol–water partition coefficient (Wildman–Crippen LogP) is 2.15. The number of carboxylic acids is 1. The molecule has 0 bridgehead atoms. The topological polar surface area (TPSA) is 78.9 Å². The predicted molar refractivity (Wildman–Crippen MR) is 74.2 cm³/mol. The van der Waals surface area contributed by atoms with E-state index in [0.717, 1.165) is 4.90 Å². The van der Waals surface area contributed by atoms with E-state index in [9.17, 15) is 14.0 Å². The number of ether oxygens (including phenoxy) is 1. The molecule has 0 fully saturated rings. The van der Waals surface area contributed by atoms with Crippen molar-refractivity contribution in [2.45, 2.75) is 0 Å². The van der Waals surface area contributed by atoms with Crippen LogP contribution in [-0.4, -0.2) is 48.8 Å². The van der Waals surface area contributed by atoms with Gasteiger partial charge in [-0.15, -0.1) is 0 Å². The Balaban J connectivity index is 2.76. The van der Waals surface area contributed by atoms with Gasteiger partial charge in [-0.05, 0) is 18.2 Å². The number of methoxy groups -OCH3 is 1. The lowest BCUT2D eigenvalue weighted by molar-refractivity contribution is -0.137. The van der Waals surface area contributed by atoms with Gasteiger partial charge in [0.05, 0.1) is 12.3 Å². The molecule has 0 aliphatic rings. The Kier molecular flexibility index (Phi) is 6.40. The third-order valence-corrected chi connectivity index (χ3v) is 2.84. The zero-order valence-corrected chi connectivity index (χ0v) is 12.3. The van der Waals surface area contributed by atoms with Gasteiger partial charge in [-0.25, -0.2) is 9.18 Å². The highest BCUT2D eigenvalue weighted by atomic mass is 79.9. The van der Waals surface area contributed by atoms with E-state index in [0.29, 0.717) is 4.47 Å². The molecule has 110 valence electrons. The van der Waals surface area contributed by atoms with Crippen LogP contribution in [0.3, 0.4) is 0 Å². The standard InChI is InChI=1S/C12H14BrFN2O4/c1-20-5-4-16(7-11(17)18)12(19)15-10-3-2-8(13)6-9(10)14/h2-3,6H,4-5,7H2,1H3,(H,15,19)(H,17,18). The summed E-state index contributed by atoms with van der Waals surface area (Å²) in [7, 11) is 1.44. The number of nitrogens with zero attached hydrogens (tertiary/aromatic N) is 1. The molecular weight excluding hydrogens is 335 g/mol. The van der Waals surface area contributed by atoms with Crippen LogP contribution >= 0.6 is 15.9 Å². The van der Waals surface area contributed by atoms with Crippen molar-refractivity contribution in [2.24, 2.45) is 0 Å². The summed E-state index contributed by atoms with van der Waals surface area (Å²) in [6, 6.07) is 3.44. The molecule has 2 amide bonds. The van der Waals surface area contributed by atoms with E-state index in [4.69, 9.17) is 9.84 Å². The summed E-state index contributed by atoms with van der Waals surface area (Å²) in [5.74, 6) is -1.78. The van der Waals surface area contributed by atoms with Crippen LogP contribution in [0.1, 0.15) is 0 Å². The number of halogens is 2. The van der Waals surface area contributed by atoms with Crippen molar-refractivity contribution >= 4 is 33.6 Å². The Hall–Kier alpha value is -1.67. The van der Waals surface area contributed by atoms with Crippen LogP contribution in [0.5, 0.6) is 0 Å². The van der Waals surface area contributed by atoms with Crippen LogP contribution in [0.25, 0.3) is 0 Å². The van der Waals surface area contributed by atoms with Gasteiger partial charge in [0.1, 0.15) is 12.4 Å². The molecule has 20 heavy (non-hydrogen) atoms. The minimum absolute atomic E-state index is 0.0222. The lowest BCUT2D eigenvalue weighted by Crippen LogP contribution is -2.40. The van der Waals surface area contributed by atoms with E-state index < -0.39 is 24.4 Å². The highest BCUT2D eigenvalue weighted by Crippen LogP contribution is 2.19. The Labute approximate surface area is 123 Å². The molecule has 0 heterocycles. The Bertz CT molecular complexity index is 498. The first-order valence-electron chi connectivity index (χ1n) is 5.65. The largest absolute Gasteiger partial charge is 0.480 e. The first-order valence-corrected chi connectivity index (χ1v) is 6.45. The van der Waals surface area contributed by atoms with Crippen molar-refractivity contribution < 1.29 is 23.8 Å². The van der Waals surface area contributed by atoms with Gasteiger partial charge in [-0.1, -0.05) is 15.9 Å². The summed E-state index contributed by atoms with van der Waals surface area (Å²) < 4.78 is 18.9. The van der Waals surface area contributed by atoms with E-state index in [1.165, 1.54) is 19.2 Å². The van der Waals surface area contributed by atoms with Crippen LogP contribution in [0, 0.1) is 5.82 Å². The molecule has 1 rings (SSSR count). The lowest BCUT2D eigenvalue weighted by Gasteiger charge is -2.21. The number of hydrogen-bond donors (Lipinski definition) is 2. The number of aliphatic carboxylic acids is 1. The van der Waals surface area contributed by atoms with Crippen LogP contribution in [0.2, 0.25) is 0 Å². The zero-order chi connectivity index (χ0) is 15.1. The second-order valence-electron chi connectivity index (χ2n) is 3.86. The number of rotatable bonds is 6. The molecule has 0 radical (unpaired) electrons. The number of carbonyl (C=O) groups is 2. The quantitative estimate of drug-likeness (QED) is 0.825. The summed E-state index contributed by atoms with van der Waals surface area (Å²) >= 11 is 3.10. The molecular formula is C12H14BrFN2O4. The smallest absolute Gasteiger partial charge is 0.323 e. The molecule has 2 N–H and O–H groups in total. The maximum atomic E-state index is 13.6. The molecule has 6 nitrogen and oxygen atoms in total. The molecule has 0 unspecified atom stereocenters. The van der Waals surface area contributed by atoms with Gasteiger partial charge in [-0.2, -0.15) is 0 Å². The SMILES string of the molecule is COCCN(CC(=O)O)C(=O)Nc1ccc(Br)cc1F. The fourth-order valence-electron chi connectivity index (χ4n) is 1.40. The fraction of sp³-hybridized carbons (Fsp3) is 0.333. The molecule has 0 saturated heterocycles. The summed E-state index contributed by atoms with van der Waals surface area (Å²) in [4.78, 5) is 23.6. The van der Waals surface area contributed by atoms with Crippen molar-refractivity contribution in [3.63, 3.8) is 0 Å². The Morgan fingerprint density at radius 3 is 2.75 bits per heavy atom. The highest BCUT2D eigenvalue weighted by Gasteiger charge is 2.17. The highest BCUT2D eigenvalue weighted by molar-refractivity contribution is 9.10. The normalized spacial score (nSPS) is 10.2. The third-order valence-electron chi connectivity index (χ3n) is 2.35. The van der Waals surface area contributed by atoms with E-state index in [1.807, 2.05) is 0 Å². The van der Waals surface area contributed by atoms with Gasteiger partial charge in [0, 0.05) is 18.1 Å². The van der Waals surface area contributed by atoms with E-state index in [-0.39, 0.29) is 18.8 Å². The third kappa shape index (κ3) is 5.14. The summed E-state index contributed by atoms with van der Waals surface area (Å²) in [5.41, 5.74) is -0.0222. The van der Waals surface area contributed by atoms with Gasteiger partial charge in [0.15, 0.2) is 0 Å². The monoisotopic (exact) mass is 348 g/mol. The van der Waals surface area contributed by atoms with Crippen LogP contribution in [0.15, 0.2) is 22.7 Å². The number of urea groups is 1. The van der Waals surface area contributed by atoms with E-state index in [1.54, 1.807) is 6.07 Å². The maximum Gasteiger partial charge on any atom is 0.323 e. The molecule has 0 aliphatic carbocycles. The van der Waals surface area contributed by atoms with E-state index in [2.05, 4.69) is 21.2 Å². The van der Waals surface area contributed by atoms with Crippen LogP contribution in [-0.2, 0) is 9.53 Å². The zero-order valence-electron chi connectivity index (χ0n) is 10.7. The van der Waals surface area contributed by atoms with Gasteiger partial charge in [0.25, 0.3) is 0 Å². The second kappa shape index (κ2) is 7.81.